The summed E-state index contributed by atoms with van der Waals surface area (Å²) in [7, 11) is 0. The van der Waals surface area contributed by atoms with Gasteiger partial charge in [-0.25, -0.2) is 9.18 Å². The second-order valence-electron chi connectivity index (χ2n) is 2.78. The first-order valence-electron chi connectivity index (χ1n) is 4.18. The summed E-state index contributed by atoms with van der Waals surface area (Å²) in [5.74, 6) is 0.158. The molecule has 1 N–H and O–H groups in total. The number of carbonyl (C=O) groups is 1. The molecule has 0 aliphatic heterocycles. The molecule has 3 nitrogen and oxygen atoms in total. The van der Waals surface area contributed by atoms with Gasteiger partial charge in [0.1, 0.15) is 12.4 Å². The fourth-order valence-corrected chi connectivity index (χ4v) is 1.08. The highest BCUT2D eigenvalue weighted by atomic mass is 19.1. The second-order valence-corrected chi connectivity index (χ2v) is 2.78. The molecule has 1 rings (SSSR count). The van der Waals surface area contributed by atoms with Gasteiger partial charge in [-0.15, -0.1) is 6.42 Å². The third-order valence-corrected chi connectivity index (χ3v) is 1.75. The van der Waals surface area contributed by atoms with Crippen LogP contribution in [0.4, 0.5) is 4.39 Å². The molecular weight excluding hydrogens is 199 g/mol. The lowest BCUT2D eigenvalue weighted by Gasteiger charge is -2.04. The minimum atomic E-state index is -1.30. The highest BCUT2D eigenvalue weighted by molar-refractivity contribution is 5.88. The standard InChI is InChI=1S/C11H9FO3/c1-2-6-15-7-8-4-3-5-9(10(8)12)11(13)14/h1,3-5H,6-7H2,(H,13,14). The Morgan fingerprint density at radius 3 is 2.93 bits per heavy atom. The average molecular weight is 208 g/mol. The van der Waals surface area contributed by atoms with Gasteiger partial charge < -0.3 is 9.84 Å². The first-order chi connectivity index (χ1) is 7.16. The van der Waals surface area contributed by atoms with Gasteiger partial charge >= 0.3 is 5.97 Å². The van der Waals surface area contributed by atoms with Crippen LogP contribution in [0.25, 0.3) is 0 Å². The van der Waals surface area contributed by atoms with Gasteiger partial charge in [-0.1, -0.05) is 18.1 Å². The number of hydrogen-bond acceptors (Lipinski definition) is 2. The number of aromatic carboxylic acids is 1. The Labute approximate surface area is 86.5 Å². The van der Waals surface area contributed by atoms with Crippen LogP contribution < -0.4 is 0 Å². The quantitative estimate of drug-likeness (QED) is 0.604. The van der Waals surface area contributed by atoms with E-state index in [4.69, 9.17) is 16.3 Å². The van der Waals surface area contributed by atoms with E-state index in [1.54, 1.807) is 0 Å². The van der Waals surface area contributed by atoms with Gasteiger partial charge in [0.05, 0.1) is 12.2 Å². The number of terminal acetylenes is 1. The predicted octanol–water partition coefficient (Wildman–Crippen LogP) is 1.67. The van der Waals surface area contributed by atoms with E-state index < -0.39 is 11.8 Å². The Morgan fingerprint density at radius 1 is 1.60 bits per heavy atom. The number of carboxylic acids is 1. The van der Waals surface area contributed by atoms with E-state index in [1.807, 2.05) is 0 Å². The van der Waals surface area contributed by atoms with Crippen molar-refractivity contribution in [3.05, 3.63) is 35.1 Å². The minimum absolute atomic E-state index is 0.0306. The zero-order valence-corrected chi connectivity index (χ0v) is 7.87. The van der Waals surface area contributed by atoms with Crippen LogP contribution in [0, 0.1) is 18.2 Å². The summed E-state index contributed by atoms with van der Waals surface area (Å²) in [4.78, 5) is 10.6. The molecule has 0 unspecified atom stereocenters. The fourth-order valence-electron chi connectivity index (χ4n) is 1.08. The van der Waals surface area contributed by atoms with Crippen molar-refractivity contribution in [2.24, 2.45) is 0 Å². The number of carboxylic acid groups (broad SMARTS) is 1. The summed E-state index contributed by atoms with van der Waals surface area (Å²) in [5, 5.41) is 8.65. The smallest absolute Gasteiger partial charge is 0.338 e. The number of hydrogen-bond donors (Lipinski definition) is 1. The molecule has 0 heterocycles. The van der Waals surface area contributed by atoms with Gasteiger partial charge in [-0.2, -0.15) is 0 Å². The summed E-state index contributed by atoms with van der Waals surface area (Å²) in [6, 6.07) is 4.11. The predicted molar refractivity (Wildman–Crippen MR) is 51.8 cm³/mol. The van der Waals surface area contributed by atoms with Crippen LogP contribution >= 0.6 is 0 Å². The molecule has 0 saturated heterocycles. The van der Waals surface area contributed by atoms with Gasteiger partial charge in [-0.3, -0.25) is 0 Å². The van der Waals surface area contributed by atoms with Crippen molar-refractivity contribution in [1.29, 1.82) is 0 Å². The highest BCUT2D eigenvalue weighted by Gasteiger charge is 2.13. The lowest BCUT2D eigenvalue weighted by molar-refractivity contribution is 0.0691. The van der Waals surface area contributed by atoms with Crippen molar-refractivity contribution in [2.75, 3.05) is 6.61 Å². The van der Waals surface area contributed by atoms with Crippen molar-refractivity contribution in [3.8, 4) is 12.3 Å². The van der Waals surface area contributed by atoms with E-state index >= 15 is 0 Å². The van der Waals surface area contributed by atoms with Crippen LogP contribution in [-0.2, 0) is 11.3 Å². The van der Waals surface area contributed by atoms with E-state index in [2.05, 4.69) is 5.92 Å². The van der Waals surface area contributed by atoms with Crippen molar-refractivity contribution < 1.29 is 19.0 Å². The molecule has 0 radical (unpaired) electrons. The Kier molecular flexibility index (Phi) is 3.83. The highest BCUT2D eigenvalue weighted by Crippen LogP contribution is 2.13. The SMILES string of the molecule is C#CCOCc1cccc(C(=O)O)c1F. The number of benzene rings is 1. The number of rotatable bonds is 4. The number of ether oxygens (including phenoxy) is 1. The Balaban J connectivity index is 2.86. The molecule has 15 heavy (non-hydrogen) atoms. The van der Waals surface area contributed by atoms with Crippen molar-refractivity contribution in [2.45, 2.75) is 6.61 Å². The van der Waals surface area contributed by atoms with E-state index in [-0.39, 0.29) is 24.3 Å². The summed E-state index contributed by atoms with van der Waals surface area (Å²) < 4.78 is 18.4. The summed E-state index contributed by atoms with van der Waals surface area (Å²) >= 11 is 0. The summed E-state index contributed by atoms with van der Waals surface area (Å²) in [6.45, 7) is 0.0356. The van der Waals surface area contributed by atoms with E-state index in [1.165, 1.54) is 18.2 Å². The summed E-state index contributed by atoms with van der Waals surface area (Å²) in [6.07, 6.45) is 4.95. The molecule has 1 aromatic rings. The van der Waals surface area contributed by atoms with E-state index in [9.17, 15) is 9.18 Å². The van der Waals surface area contributed by atoms with Crippen LogP contribution in [0.15, 0.2) is 18.2 Å². The summed E-state index contributed by atoms with van der Waals surface area (Å²) in [5.41, 5.74) is -0.179. The molecule has 0 bridgehead atoms. The largest absolute Gasteiger partial charge is 0.478 e. The maximum absolute atomic E-state index is 13.4. The Hall–Kier alpha value is -1.86. The molecular formula is C11H9FO3. The van der Waals surface area contributed by atoms with Gasteiger partial charge in [0.25, 0.3) is 0 Å². The van der Waals surface area contributed by atoms with Gasteiger partial charge in [0.2, 0.25) is 0 Å². The van der Waals surface area contributed by atoms with Gasteiger partial charge in [0.15, 0.2) is 0 Å². The number of halogens is 1. The maximum Gasteiger partial charge on any atom is 0.338 e. The Morgan fingerprint density at radius 2 is 2.33 bits per heavy atom. The van der Waals surface area contributed by atoms with Crippen LogP contribution in [0.2, 0.25) is 0 Å². The van der Waals surface area contributed by atoms with Crippen LogP contribution in [-0.4, -0.2) is 17.7 Å². The van der Waals surface area contributed by atoms with E-state index in [0.29, 0.717) is 0 Å². The molecule has 0 aromatic heterocycles. The second kappa shape index (κ2) is 5.13. The topological polar surface area (TPSA) is 46.5 Å². The lowest BCUT2D eigenvalue weighted by atomic mass is 10.1. The maximum atomic E-state index is 13.4. The van der Waals surface area contributed by atoms with Crippen LogP contribution in [0.3, 0.4) is 0 Å². The van der Waals surface area contributed by atoms with Gasteiger partial charge in [0, 0.05) is 5.56 Å². The molecule has 0 saturated carbocycles. The zero-order chi connectivity index (χ0) is 11.3. The molecule has 0 fully saturated rings. The zero-order valence-electron chi connectivity index (χ0n) is 7.87. The molecule has 4 heteroatoms. The molecule has 0 spiro atoms. The molecule has 0 atom stereocenters. The Bertz CT molecular complexity index is 407. The first kappa shape index (κ1) is 11.2. The average Bonchev–Trinajstić information content (AvgIpc) is 2.20. The normalized spacial score (nSPS) is 9.60. The molecule has 0 aliphatic carbocycles. The van der Waals surface area contributed by atoms with Gasteiger partial charge in [-0.05, 0) is 6.07 Å². The van der Waals surface area contributed by atoms with Crippen molar-refractivity contribution in [3.63, 3.8) is 0 Å². The monoisotopic (exact) mass is 208 g/mol. The third kappa shape index (κ3) is 2.79. The van der Waals surface area contributed by atoms with Crippen molar-refractivity contribution in [1.82, 2.24) is 0 Å². The first-order valence-corrected chi connectivity index (χ1v) is 4.18. The minimum Gasteiger partial charge on any atom is -0.478 e. The van der Waals surface area contributed by atoms with E-state index in [0.717, 1.165) is 0 Å². The molecule has 0 amide bonds. The van der Waals surface area contributed by atoms with Crippen LogP contribution in [0.5, 0.6) is 0 Å². The molecule has 1 aromatic carbocycles. The molecule has 0 aliphatic rings. The fraction of sp³-hybridized carbons (Fsp3) is 0.182. The molecule has 78 valence electrons. The third-order valence-electron chi connectivity index (χ3n) is 1.75. The van der Waals surface area contributed by atoms with Crippen molar-refractivity contribution >= 4 is 5.97 Å². The lowest BCUT2D eigenvalue weighted by Crippen LogP contribution is -2.04. The van der Waals surface area contributed by atoms with Crippen LogP contribution in [0.1, 0.15) is 15.9 Å².